The van der Waals surface area contributed by atoms with Crippen molar-refractivity contribution in [2.75, 3.05) is 19.6 Å². The summed E-state index contributed by atoms with van der Waals surface area (Å²) in [4.78, 5) is 13.9. The van der Waals surface area contributed by atoms with E-state index in [4.69, 9.17) is 5.73 Å². The van der Waals surface area contributed by atoms with Crippen LogP contribution >= 0.6 is 0 Å². The van der Waals surface area contributed by atoms with Gasteiger partial charge in [0.15, 0.2) is 0 Å². The average Bonchev–Trinajstić information content (AvgIpc) is 2.71. The Hall–Kier alpha value is -0.570. The Morgan fingerprint density at radius 3 is 2.57 bits per heavy atom. The fraction of sp³-hybridized carbons (Fsp3) is 0.909. The molecule has 82 valence electrons. The molecule has 2 N–H and O–H groups in total. The highest BCUT2D eigenvalue weighted by atomic mass is 16.2. The van der Waals surface area contributed by atoms with E-state index < -0.39 is 0 Å². The highest BCUT2D eigenvalue weighted by molar-refractivity contribution is 5.79. The average molecular weight is 198 g/mol. The number of carbonyl (C=O) groups excluding carboxylic acids is 1. The first kappa shape index (κ1) is 11.5. The van der Waals surface area contributed by atoms with Crippen LogP contribution in [0.1, 0.15) is 39.0 Å². The molecule has 0 saturated heterocycles. The molecule has 1 aliphatic carbocycles. The molecular formula is C11H22N2O. The number of rotatable bonds is 5. The van der Waals surface area contributed by atoms with Gasteiger partial charge in [-0.25, -0.2) is 0 Å². The molecule has 0 bridgehead atoms. The first-order valence-electron chi connectivity index (χ1n) is 5.78. The third-order valence-corrected chi connectivity index (χ3v) is 3.03. The number of nitrogens with zero attached hydrogens (tertiary/aromatic N) is 1. The molecule has 0 aliphatic heterocycles. The maximum Gasteiger partial charge on any atom is 0.225 e. The van der Waals surface area contributed by atoms with Crippen LogP contribution in [0.25, 0.3) is 0 Å². The highest BCUT2D eigenvalue weighted by Crippen LogP contribution is 2.26. The Balaban J connectivity index is 2.37. The summed E-state index contributed by atoms with van der Waals surface area (Å²) >= 11 is 0. The standard InChI is InChI=1S/C11H22N2O/c1-2-13(9-5-8-12)11(14)10-6-3-4-7-10/h10H,2-9,12H2,1H3. The monoisotopic (exact) mass is 198 g/mol. The van der Waals surface area contributed by atoms with Crippen LogP contribution in [0.4, 0.5) is 0 Å². The molecule has 1 amide bonds. The molecule has 14 heavy (non-hydrogen) atoms. The molecule has 3 heteroatoms. The maximum absolute atomic E-state index is 12.0. The lowest BCUT2D eigenvalue weighted by molar-refractivity contribution is -0.135. The van der Waals surface area contributed by atoms with Crippen molar-refractivity contribution in [2.45, 2.75) is 39.0 Å². The maximum atomic E-state index is 12.0. The van der Waals surface area contributed by atoms with Gasteiger partial charge in [0.1, 0.15) is 0 Å². The molecule has 0 atom stereocenters. The van der Waals surface area contributed by atoms with E-state index in [2.05, 4.69) is 0 Å². The van der Waals surface area contributed by atoms with Gasteiger partial charge in [-0.15, -0.1) is 0 Å². The van der Waals surface area contributed by atoms with Crippen LogP contribution in [0.2, 0.25) is 0 Å². The fourth-order valence-electron chi connectivity index (χ4n) is 2.14. The van der Waals surface area contributed by atoms with Gasteiger partial charge in [0.05, 0.1) is 0 Å². The van der Waals surface area contributed by atoms with Gasteiger partial charge in [-0.2, -0.15) is 0 Å². The molecular weight excluding hydrogens is 176 g/mol. The van der Waals surface area contributed by atoms with Crippen molar-refractivity contribution in [1.29, 1.82) is 0 Å². The molecule has 1 saturated carbocycles. The van der Waals surface area contributed by atoms with Crippen LogP contribution < -0.4 is 5.73 Å². The highest BCUT2D eigenvalue weighted by Gasteiger charge is 2.25. The molecule has 1 rings (SSSR count). The smallest absolute Gasteiger partial charge is 0.225 e. The van der Waals surface area contributed by atoms with Gasteiger partial charge in [-0.05, 0) is 32.7 Å². The van der Waals surface area contributed by atoms with Gasteiger partial charge >= 0.3 is 0 Å². The van der Waals surface area contributed by atoms with Gasteiger partial charge in [-0.1, -0.05) is 12.8 Å². The molecule has 0 aromatic carbocycles. The van der Waals surface area contributed by atoms with E-state index in [1.165, 1.54) is 12.8 Å². The zero-order valence-electron chi connectivity index (χ0n) is 9.17. The van der Waals surface area contributed by atoms with Crippen molar-refractivity contribution in [1.82, 2.24) is 4.90 Å². The van der Waals surface area contributed by atoms with E-state index in [1.54, 1.807) is 0 Å². The van der Waals surface area contributed by atoms with Crippen LogP contribution in [0, 0.1) is 5.92 Å². The Morgan fingerprint density at radius 2 is 2.07 bits per heavy atom. The summed E-state index contributed by atoms with van der Waals surface area (Å²) in [6.07, 6.45) is 5.57. The molecule has 0 radical (unpaired) electrons. The summed E-state index contributed by atoms with van der Waals surface area (Å²) in [6, 6.07) is 0. The molecule has 0 unspecified atom stereocenters. The largest absolute Gasteiger partial charge is 0.343 e. The molecule has 3 nitrogen and oxygen atoms in total. The van der Waals surface area contributed by atoms with E-state index >= 15 is 0 Å². The third-order valence-electron chi connectivity index (χ3n) is 3.03. The Kier molecular flexibility index (Phi) is 4.94. The van der Waals surface area contributed by atoms with Crippen LogP contribution in [0.15, 0.2) is 0 Å². The predicted octanol–water partition coefficient (Wildman–Crippen LogP) is 1.37. The lowest BCUT2D eigenvalue weighted by atomic mass is 10.1. The van der Waals surface area contributed by atoms with Crippen molar-refractivity contribution >= 4 is 5.91 Å². The number of hydrogen-bond acceptors (Lipinski definition) is 2. The summed E-state index contributed by atoms with van der Waals surface area (Å²) in [5.41, 5.74) is 5.45. The number of carbonyl (C=O) groups is 1. The first-order valence-corrected chi connectivity index (χ1v) is 5.78. The molecule has 0 aromatic heterocycles. The molecule has 1 aliphatic rings. The van der Waals surface area contributed by atoms with Crippen LogP contribution in [-0.2, 0) is 4.79 Å². The van der Waals surface area contributed by atoms with Crippen molar-refractivity contribution < 1.29 is 4.79 Å². The predicted molar refractivity (Wildman–Crippen MR) is 57.9 cm³/mol. The van der Waals surface area contributed by atoms with Crippen LogP contribution in [0.3, 0.4) is 0 Å². The van der Waals surface area contributed by atoms with Gasteiger partial charge < -0.3 is 10.6 Å². The molecule has 1 fully saturated rings. The van der Waals surface area contributed by atoms with Crippen LogP contribution in [-0.4, -0.2) is 30.4 Å². The van der Waals surface area contributed by atoms with Crippen molar-refractivity contribution in [3.05, 3.63) is 0 Å². The number of nitrogens with two attached hydrogens (primary N) is 1. The minimum absolute atomic E-state index is 0.313. The second-order valence-corrected chi connectivity index (χ2v) is 4.04. The topological polar surface area (TPSA) is 46.3 Å². The normalized spacial score (nSPS) is 17.3. The zero-order chi connectivity index (χ0) is 10.4. The van der Waals surface area contributed by atoms with E-state index in [9.17, 15) is 4.79 Å². The third kappa shape index (κ3) is 2.98. The SMILES string of the molecule is CCN(CCCN)C(=O)C1CCCC1. The summed E-state index contributed by atoms with van der Waals surface area (Å²) in [6.45, 7) is 4.38. The number of amides is 1. The minimum Gasteiger partial charge on any atom is -0.343 e. The lowest BCUT2D eigenvalue weighted by Crippen LogP contribution is -2.36. The van der Waals surface area contributed by atoms with Gasteiger partial charge in [0, 0.05) is 19.0 Å². The quantitative estimate of drug-likeness (QED) is 0.725. The molecule has 0 aromatic rings. The Morgan fingerprint density at radius 1 is 1.43 bits per heavy atom. The fourth-order valence-corrected chi connectivity index (χ4v) is 2.14. The summed E-state index contributed by atoms with van der Waals surface area (Å²) in [5, 5.41) is 0. The number of hydrogen-bond donors (Lipinski definition) is 1. The lowest BCUT2D eigenvalue weighted by Gasteiger charge is -2.23. The minimum atomic E-state index is 0.313. The Bertz CT molecular complexity index is 176. The Labute approximate surface area is 86.6 Å². The first-order chi connectivity index (χ1) is 6.79. The van der Waals surface area contributed by atoms with E-state index in [0.717, 1.165) is 32.4 Å². The summed E-state index contributed by atoms with van der Waals surface area (Å²) in [5.74, 6) is 0.672. The van der Waals surface area contributed by atoms with E-state index in [-0.39, 0.29) is 0 Å². The van der Waals surface area contributed by atoms with Crippen LogP contribution in [0.5, 0.6) is 0 Å². The summed E-state index contributed by atoms with van der Waals surface area (Å²) in [7, 11) is 0. The zero-order valence-corrected chi connectivity index (χ0v) is 9.17. The van der Waals surface area contributed by atoms with Gasteiger partial charge in [-0.3, -0.25) is 4.79 Å². The second kappa shape index (κ2) is 6.02. The second-order valence-electron chi connectivity index (χ2n) is 4.04. The van der Waals surface area contributed by atoms with Crippen molar-refractivity contribution in [2.24, 2.45) is 11.7 Å². The van der Waals surface area contributed by atoms with E-state index in [1.807, 2.05) is 11.8 Å². The van der Waals surface area contributed by atoms with Crippen molar-refractivity contribution in [3.63, 3.8) is 0 Å². The van der Waals surface area contributed by atoms with Gasteiger partial charge in [0.25, 0.3) is 0 Å². The van der Waals surface area contributed by atoms with E-state index in [0.29, 0.717) is 18.4 Å². The summed E-state index contributed by atoms with van der Waals surface area (Å²) < 4.78 is 0. The van der Waals surface area contributed by atoms with Gasteiger partial charge in [0.2, 0.25) is 5.91 Å². The molecule has 0 spiro atoms. The van der Waals surface area contributed by atoms with Crippen molar-refractivity contribution in [3.8, 4) is 0 Å². The molecule has 0 heterocycles.